The summed E-state index contributed by atoms with van der Waals surface area (Å²) in [5.41, 5.74) is 0. The molecule has 0 unspecified atom stereocenters. The zero-order valence-corrected chi connectivity index (χ0v) is 5.84. The molecule has 0 heterocycles. The topological polar surface area (TPSA) is 0 Å². The highest BCUT2D eigenvalue weighted by atomic mass is 14.5. The predicted molar refractivity (Wildman–Crippen MR) is 37.0 cm³/mol. The van der Waals surface area contributed by atoms with Gasteiger partial charge in [0, 0.05) is 0 Å². The van der Waals surface area contributed by atoms with Gasteiger partial charge in [0.1, 0.15) is 0 Å². The first kappa shape index (κ1) is 4.76. The van der Waals surface area contributed by atoms with Gasteiger partial charge in [0.25, 0.3) is 0 Å². The van der Waals surface area contributed by atoms with Crippen molar-refractivity contribution in [3.8, 4) is 0 Å². The molecule has 4 saturated carbocycles. The molecule has 0 aromatic carbocycles. The maximum Gasteiger partial charge on any atom is -0.0380 e. The Bertz CT molecular complexity index is 119. The van der Waals surface area contributed by atoms with Crippen LogP contribution in [0.3, 0.4) is 0 Å². The highest BCUT2D eigenvalue weighted by Gasteiger charge is 2.48. The summed E-state index contributed by atoms with van der Waals surface area (Å²) in [5.74, 6) is 4.79. The molecule has 0 aromatic rings. The van der Waals surface area contributed by atoms with Gasteiger partial charge in [0.2, 0.25) is 0 Å². The van der Waals surface area contributed by atoms with E-state index in [-0.39, 0.29) is 0 Å². The first-order valence-electron chi connectivity index (χ1n) is 4.43. The maximum atomic E-state index is 1.62. The molecule has 0 amide bonds. The maximum absolute atomic E-state index is 1.62. The molecule has 9 heavy (non-hydrogen) atoms. The van der Waals surface area contributed by atoms with Crippen LogP contribution in [-0.4, -0.2) is 0 Å². The fraction of sp³-hybridized carbons (Fsp3) is 1.00. The van der Waals surface area contributed by atoms with E-state index in [2.05, 4.69) is 0 Å². The Balaban J connectivity index is 1.95. The van der Waals surface area contributed by atoms with Crippen LogP contribution in [0.2, 0.25) is 0 Å². The van der Waals surface area contributed by atoms with Gasteiger partial charge in [-0.15, -0.1) is 0 Å². The molecule has 0 aliphatic heterocycles. The van der Waals surface area contributed by atoms with Crippen molar-refractivity contribution in [3.63, 3.8) is 0 Å². The van der Waals surface area contributed by atoms with E-state index < -0.39 is 0 Å². The van der Waals surface area contributed by atoms with Gasteiger partial charge in [-0.05, 0) is 55.8 Å². The van der Waals surface area contributed by atoms with Gasteiger partial charge in [-0.3, -0.25) is 0 Å². The van der Waals surface area contributed by atoms with E-state index in [1.807, 2.05) is 0 Å². The molecule has 0 aromatic heterocycles. The predicted octanol–water partition coefficient (Wildman–Crippen LogP) is 2.44. The molecule has 0 nitrogen and oxygen atoms in total. The van der Waals surface area contributed by atoms with E-state index in [1.54, 1.807) is 32.1 Å². The number of hydrogen-bond donors (Lipinski definition) is 0. The molecule has 50 valence electrons. The summed E-state index contributed by atoms with van der Waals surface area (Å²) >= 11 is 0. The van der Waals surface area contributed by atoms with Gasteiger partial charge in [-0.25, -0.2) is 0 Å². The molecule has 0 spiro atoms. The molecular weight excluding hydrogens is 108 g/mol. The minimum atomic E-state index is 1.19. The van der Waals surface area contributed by atoms with Gasteiger partial charge >= 0.3 is 0 Å². The Morgan fingerprint density at radius 2 is 1.00 bits per heavy atom. The second kappa shape index (κ2) is 1.36. The van der Waals surface area contributed by atoms with Crippen molar-refractivity contribution in [1.82, 2.24) is 0 Å². The molecule has 0 radical (unpaired) electrons. The van der Waals surface area contributed by atoms with Crippen LogP contribution in [0.5, 0.6) is 0 Å². The van der Waals surface area contributed by atoms with Gasteiger partial charge in [0.05, 0.1) is 0 Å². The third-order valence-corrected chi connectivity index (χ3v) is 4.06. The van der Waals surface area contributed by atoms with Crippen LogP contribution in [0.4, 0.5) is 0 Å². The first-order chi connectivity index (χ1) is 4.43. The van der Waals surface area contributed by atoms with Crippen molar-refractivity contribution in [2.24, 2.45) is 23.7 Å². The van der Waals surface area contributed by atoms with Gasteiger partial charge in [0.15, 0.2) is 0 Å². The van der Waals surface area contributed by atoms with Crippen molar-refractivity contribution in [3.05, 3.63) is 0 Å². The molecule has 4 bridgehead atoms. The Morgan fingerprint density at radius 3 is 1.44 bits per heavy atom. The summed E-state index contributed by atoms with van der Waals surface area (Å²) < 4.78 is 0. The fourth-order valence-corrected chi connectivity index (χ4v) is 3.39. The zero-order chi connectivity index (χ0) is 5.84. The molecular formula is C9H14. The monoisotopic (exact) mass is 122 g/mol. The van der Waals surface area contributed by atoms with E-state index in [9.17, 15) is 0 Å². The van der Waals surface area contributed by atoms with Crippen molar-refractivity contribution < 1.29 is 0 Å². The average Bonchev–Trinajstić information content (AvgIpc) is 2.06. The lowest BCUT2D eigenvalue weighted by molar-refractivity contribution is 0.0395. The van der Waals surface area contributed by atoms with Crippen LogP contribution in [0.15, 0.2) is 0 Å². The average molecular weight is 122 g/mol. The Kier molecular flexibility index (Phi) is 0.717. The smallest absolute Gasteiger partial charge is 0.0380 e. The summed E-state index contributed by atoms with van der Waals surface area (Å²) in [7, 11) is 0. The molecule has 4 fully saturated rings. The molecule has 0 heteroatoms. The standard InChI is InChI=1S/C9H14/c1-2-7-3-6(1)8-4-9(7)5-8/h6-9H,1-5H2/t6-,7+,8?,9?. The quantitative estimate of drug-likeness (QED) is 0.463. The molecule has 0 N–H and O–H groups in total. The van der Waals surface area contributed by atoms with Crippen molar-refractivity contribution in [1.29, 1.82) is 0 Å². The van der Waals surface area contributed by atoms with Crippen LogP contribution >= 0.6 is 0 Å². The Hall–Kier alpha value is 0. The van der Waals surface area contributed by atoms with Crippen molar-refractivity contribution in [2.45, 2.75) is 32.1 Å². The minimum Gasteiger partial charge on any atom is -0.0499 e. The van der Waals surface area contributed by atoms with Gasteiger partial charge in [-0.1, -0.05) is 0 Å². The van der Waals surface area contributed by atoms with E-state index in [4.69, 9.17) is 0 Å². The first-order valence-corrected chi connectivity index (χ1v) is 4.43. The second-order valence-electron chi connectivity index (χ2n) is 4.32. The molecule has 4 rings (SSSR count). The number of rotatable bonds is 0. The normalized spacial score (nSPS) is 61.3. The Morgan fingerprint density at radius 1 is 0.556 bits per heavy atom. The van der Waals surface area contributed by atoms with Crippen LogP contribution in [0, 0.1) is 23.7 Å². The van der Waals surface area contributed by atoms with Gasteiger partial charge < -0.3 is 0 Å². The minimum absolute atomic E-state index is 1.19. The van der Waals surface area contributed by atoms with E-state index >= 15 is 0 Å². The van der Waals surface area contributed by atoms with Crippen LogP contribution < -0.4 is 0 Å². The third-order valence-electron chi connectivity index (χ3n) is 4.06. The van der Waals surface area contributed by atoms with E-state index in [0.29, 0.717) is 0 Å². The molecule has 4 aliphatic rings. The second-order valence-corrected chi connectivity index (χ2v) is 4.32. The molecule has 2 atom stereocenters. The summed E-state index contributed by atoms with van der Waals surface area (Å²) in [6, 6.07) is 0. The highest BCUT2D eigenvalue weighted by Crippen LogP contribution is 2.59. The largest absolute Gasteiger partial charge is 0.0499 e. The van der Waals surface area contributed by atoms with Crippen LogP contribution in [0.1, 0.15) is 32.1 Å². The summed E-state index contributed by atoms with van der Waals surface area (Å²) in [4.78, 5) is 0. The fourth-order valence-electron chi connectivity index (χ4n) is 3.39. The molecule has 4 aliphatic carbocycles. The third kappa shape index (κ3) is 0.461. The lowest BCUT2D eigenvalue weighted by atomic mass is 9.59. The van der Waals surface area contributed by atoms with Crippen LogP contribution in [0.25, 0.3) is 0 Å². The lowest BCUT2D eigenvalue weighted by Gasteiger charge is -2.46. The summed E-state index contributed by atoms with van der Waals surface area (Å²) in [5, 5.41) is 0. The summed E-state index contributed by atoms with van der Waals surface area (Å²) in [6.45, 7) is 0. The molecule has 0 saturated heterocycles. The Labute approximate surface area is 56.6 Å². The lowest BCUT2D eigenvalue weighted by Crippen LogP contribution is -2.37. The zero-order valence-electron chi connectivity index (χ0n) is 5.84. The SMILES string of the molecule is C1C2CC1[C@H]1CC[C@@H]2C1. The van der Waals surface area contributed by atoms with Crippen LogP contribution in [-0.2, 0) is 0 Å². The van der Waals surface area contributed by atoms with Crippen molar-refractivity contribution >= 4 is 0 Å². The van der Waals surface area contributed by atoms with Crippen molar-refractivity contribution in [2.75, 3.05) is 0 Å². The summed E-state index contributed by atoms with van der Waals surface area (Å²) in [6.07, 6.45) is 8.04. The van der Waals surface area contributed by atoms with E-state index in [1.165, 1.54) is 23.7 Å². The van der Waals surface area contributed by atoms with Gasteiger partial charge in [-0.2, -0.15) is 0 Å². The highest BCUT2D eigenvalue weighted by molar-refractivity contribution is 4.99. The number of hydrogen-bond acceptors (Lipinski definition) is 0. The van der Waals surface area contributed by atoms with E-state index in [0.717, 1.165) is 0 Å².